The van der Waals surface area contributed by atoms with Crippen LogP contribution in [-0.2, 0) is 21.4 Å². The van der Waals surface area contributed by atoms with Crippen molar-refractivity contribution in [2.75, 3.05) is 0 Å². The standard InChI is InChI=1S/C6H5O.C5H5O3S.Fe/c7-5-6-3-1-2-4-6;6-9(7,8)5-3-1-2-4-5;/h1-5H;1-4H,(H,6,7,8);. The van der Waals surface area contributed by atoms with Gasteiger partial charge in [-0.1, -0.05) is 0 Å². The van der Waals surface area contributed by atoms with Crippen LogP contribution in [0.4, 0.5) is 0 Å². The van der Waals surface area contributed by atoms with Crippen LogP contribution in [0.25, 0.3) is 0 Å². The summed E-state index contributed by atoms with van der Waals surface area (Å²) in [5, 5.41) is 0. The molecule has 10 heterocycles. The Hall–Kier alpha value is 0.0995. The molecule has 0 aromatic heterocycles. The minimum absolute atomic E-state index is 0.0653. The second-order valence-electron chi connectivity index (χ2n) is 10.4. The second-order valence-corrected chi connectivity index (χ2v) is 35.6. The van der Waals surface area contributed by atoms with E-state index in [2.05, 4.69) is 0 Å². The number of carbonyl (C=O) groups is 1. The number of rotatable bonds is 2. The van der Waals surface area contributed by atoms with Crippen molar-refractivity contribution in [3.05, 3.63) is 0 Å². The molecule has 0 aromatic rings. The molecule has 1 spiro atoms. The topological polar surface area (TPSA) is 71.4 Å². The average molecular weight is 294 g/mol. The van der Waals surface area contributed by atoms with Gasteiger partial charge in [-0.05, 0) is 0 Å². The zero-order valence-electron chi connectivity index (χ0n) is 8.63. The van der Waals surface area contributed by atoms with Gasteiger partial charge in [-0.2, -0.15) is 0 Å². The zero-order valence-corrected chi connectivity index (χ0v) is 10.6. The van der Waals surface area contributed by atoms with Gasteiger partial charge in [0.15, 0.2) is 0 Å². The molecule has 0 saturated carbocycles. The van der Waals surface area contributed by atoms with Gasteiger partial charge in [-0.15, -0.1) is 0 Å². The molecule has 10 rings (SSSR count). The van der Waals surface area contributed by atoms with Gasteiger partial charge in [0.25, 0.3) is 0 Å². The van der Waals surface area contributed by atoms with Gasteiger partial charge in [-0.3, -0.25) is 0 Å². The van der Waals surface area contributed by atoms with Gasteiger partial charge in [0.2, 0.25) is 0 Å². The summed E-state index contributed by atoms with van der Waals surface area (Å²) in [6.07, 6.45) is 1.23. The predicted octanol–water partition coefficient (Wildman–Crippen LogP) is 1.74. The summed E-state index contributed by atoms with van der Waals surface area (Å²) in [4.78, 5) is 16.7. The molecule has 0 aromatic carbocycles. The van der Waals surface area contributed by atoms with E-state index in [0.29, 0.717) is 19.3 Å². The van der Waals surface area contributed by atoms with Crippen LogP contribution in [0.1, 0.15) is 0 Å². The Kier molecular flexibility index (Phi) is 0.181. The molecule has 10 saturated heterocycles. The van der Waals surface area contributed by atoms with Crippen LogP contribution < -0.4 is 0 Å². The Bertz CT molecular complexity index is 1180. The van der Waals surface area contributed by atoms with Crippen molar-refractivity contribution in [3.8, 4) is 0 Å². The van der Waals surface area contributed by atoms with E-state index in [1.807, 2.05) is 0 Å². The van der Waals surface area contributed by atoms with Crippen molar-refractivity contribution in [2.24, 2.45) is 0 Å². The third kappa shape index (κ3) is 0.0565. The van der Waals surface area contributed by atoms with Crippen LogP contribution in [0, 0.1) is 0 Å². The first-order valence-corrected chi connectivity index (χ1v) is 14.0. The maximum absolute atomic E-state index is 12.1. The van der Waals surface area contributed by atoms with Crippen molar-refractivity contribution in [1.29, 1.82) is 0 Å². The molecule has 6 heteroatoms. The Labute approximate surface area is 87.2 Å². The van der Waals surface area contributed by atoms with Gasteiger partial charge in [0.1, 0.15) is 0 Å². The molecule has 17 heavy (non-hydrogen) atoms. The first kappa shape index (κ1) is 6.51. The summed E-state index contributed by atoms with van der Waals surface area (Å²) in [6.45, 7) is -4.11. The van der Waals surface area contributed by atoms with E-state index < -0.39 is 20.3 Å². The molecule has 0 bridgehead atoms. The van der Waals surface area contributed by atoms with Crippen molar-refractivity contribution < 1.29 is 24.3 Å². The van der Waals surface area contributed by atoms with E-state index in [1.165, 1.54) is 6.29 Å². The van der Waals surface area contributed by atoms with Crippen molar-refractivity contribution in [2.45, 2.75) is 46.5 Å². The fourth-order valence-electron chi connectivity index (χ4n) is 17.5. The molecular formula is C11H10FeO4S. The Morgan fingerprint density at radius 2 is 1.47 bits per heavy atom. The van der Waals surface area contributed by atoms with Gasteiger partial charge in [-0.25, -0.2) is 0 Å². The van der Waals surface area contributed by atoms with E-state index in [0.717, 1.165) is 19.3 Å². The van der Waals surface area contributed by atoms with E-state index >= 15 is 0 Å². The summed E-state index contributed by atoms with van der Waals surface area (Å²) in [7, 11) is -3.89. The first-order chi connectivity index (χ1) is 7.74. The number of fused-ring (bicyclic) bond motifs is 10. The Morgan fingerprint density at radius 1 is 1.00 bits per heavy atom. The molecular weight excluding hydrogens is 284 g/mol. The Balaban J connectivity index is 1.83. The zero-order chi connectivity index (χ0) is 11.1. The maximum atomic E-state index is 12.1. The van der Waals surface area contributed by atoms with Crippen molar-refractivity contribution in [3.63, 3.8) is 0 Å². The molecule has 4 nitrogen and oxygen atoms in total. The number of hydrogen-bond acceptors (Lipinski definition) is 3. The van der Waals surface area contributed by atoms with Crippen LogP contribution in [0.5, 0.6) is 0 Å². The molecule has 0 radical (unpaired) electrons. The summed E-state index contributed by atoms with van der Waals surface area (Å²) < 4.78 is 33.5. The normalized spacial score (nSPS) is 124. The van der Waals surface area contributed by atoms with Crippen molar-refractivity contribution in [1.82, 2.24) is 0 Å². The van der Waals surface area contributed by atoms with Gasteiger partial charge < -0.3 is 0 Å². The monoisotopic (exact) mass is 294 g/mol. The van der Waals surface area contributed by atoms with Crippen LogP contribution in [0.3, 0.4) is 0 Å². The van der Waals surface area contributed by atoms with Crippen LogP contribution >= 0.6 is 0 Å². The fraction of sp³-hybridized carbons (Fsp3) is 0.909. The van der Waals surface area contributed by atoms with Gasteiger partial charge in [0, 0.05) is 0 Å². The number of hydrogen-bond donors (Lipinski definition) is 1. The molecule has 10 fully saturated rings. The number of carbonyl (C=O) groups excluding carboxylic acids is 1. The fourth-order valence-corrected chi connectivity index (χ4v) is 104. The molecule has 10 aliphatic heterocycles. The molecule has 1 N–H and O–H groups in total. The second kappa shape index (κ2) is 0.473. The van der Waals surface area contributed by atoms with Crippen molar-refractivity contribution >= 4 is 16.4 Å². The molecule has 0 amide bonds. The van der Waals surface area contributed by atoms with E-state index in [4.69, 9.17) is 0 Å². The minimum atomic E-state index is -4.11. The number of aldehydes is 1. The van der Waals surface area contributed by atoms with E-state index in [9.17, 15) is 17.8 Å². The van der Waals surface area contributed by atoms with Crippen LogP contribution in [-0.4, -0.2) is 22.9 Å². The molecule has 0 aliphatic carbocycles. The molecule has 92 valence electrons. The van der Waals surface area contributed by atoms with Gasteiger partial charge >= 0.3 is 87.2 Å². The molecule has 8 unspecified atom stereocenters. The third-order valence-electron chi connectivity index (χ3n) is 15.4. The van der Waals surface area contributed by atoms with E-state index in [-0.39, 0.29) is 4.31 Å². The predicted molar refractivity (Wildman–Crippen MR) is 53.0 cm³/mol. The SMILES string of the molecule is O=C[C]12[CH]3[CH]4[CH]5[CH]1[Fe]45321678[CH]2[CH]1[CH]6[C]7(S(=O)(=O)O)[CH]28. The summed E-state index contributed by atoms with van der Waals surface area (Å²) in [6, 6.07) is 0. The molecule has 10 aliphatic rings. The summed E-state index contributed by atoms with van der Waals surface area (Å²) in [5.41, 5.74) is 0. The van der Waals surface area contributed by atoms with Gasteiger partial charge in [0.05, 0.1) is 0 Å². The Morgan fingerprint density at radius 3 is 1.65 bits per heavy atom. The van der Waals surface area contributed by atoms with E-state index in [1.54, 1.807) is 0 Å². The summed E-state index contributed by atoms with van der Waals surface area (Å²) >= 11 is 0. The van der Waals surface area contributed by atoms with Crippen LogP contribution in [0.2, 0.25) is 42.8 Å². The third-order valence-corrected chi connectivity index (χ3v) is 63.2. The molecule has 8 atom stereocenters. The quantitative estimate of drug-likeness (QED) is 0.478. The van der Waals surface area contributed by atoms with Crippen LogP contribution in [0.15, 0.2) is 0 Å². The average Bonchev–Trinajstić information content (AvgIpc) is 3.21. The first-order valence-electron chi connectivity index (χ1n) is 6.39. The summed E-state index contributed by atoms with van der Waals surface area (Å²) in [5.74, 6) is 0.